The highest BCUT2D eigenvalue weighted by Gasteiger charge is 2.14. The smallest absolute Gasteiger partial charge is 0.175 e. The summed E-state index contributed by atoms with van der Waals surface area (Å²) in [6.07, 6.45) is 2.05. The van der Waals surface area contributed by atoms with Gasteiger partial charge >= 0.3 is 0 Å². The highest BCUT2D eigenvalue weighted by atomic mass is 32.2. The van der Waals surface area contributed by atoms with Gasteiger partial charge < -0.3 is 5.32 Å². The van der Waals surface area contributed by atoms with Crippen LogP contribution < -0.4 is 10.2 Å². The molecule has 15 heavy (non-hydrogen) atoms. The summed E-state index contributed by atoms with van der Waals surface area (Å²) < 4.78 is 0. The molecule has 1 aromatic carbocycles. The van der Waals surface area contributed by atoms with Crippen molar-refractivity contribution in [1.82, 2.24) is 5.32 Å². The molecule has 1 atom stereocenters. The molecule has 80 valence electrons. The van der Waals surface area contributed by atoms with E-state index >= 15 is 0 Å². The Balaban J connectivity index is 1.90. The molecule has 1 aliphatic heterocycles. The zero-order valence-corrected chi connectivity index (χ0v) is 9.68. The summed E-state index contributed by atoms with van der Waals surface area (Å²) in [7, 11) is 0. The van der Waals surface area contributed by atoms with E-state index in [1.54, 1.807) is 11.8 Å². The van der Waals surface area contributed by atoms with Crippen molar-refractivity contribution in [1.29, 1.82) is 0 Å². The van der Waals surface area contributed by atoms with Crippen molar-refractivity contribution in [3.63, 3.8) is 0 Å². The lowest BCUT2D eigenvalue weighted by atomic mass is 10.2. The fourth-order valence-electron chi connectivity index (χ4n) is 1.64. The average Bonchev–Trinajstić information content (AvgIpc) is 2.31. The van der Waals surface area contributed by atoms with Gasteiger partial charge in [0.25, 0.3) is 0 Å². The third-order valence-electron chi connectivity index (χ3n) is 2.43. The predicted octanol–water partition coefficient (Wildman–Crippen LogP) is 0.309. The van der Waals surface area contributed by atoms with E-state index in [4.69, 9.17) is 0 Å². The van der Waals surface area contributed by atoms with Crippen LogP contribution in [0.3, 0.4) is 0 Å². The van der Waals surface area contributed by atoms with Crippen LogP contribution in [-0.2, 0) is 6.54 Å². The van der Waals surface area contributed by atoms with E-state index < -0.39 is 0 Å². The lowest BCUT2D eigenvalue weighted by molar-refractivity contribution is -0.916. The quantitative estimate of drug-likeness (QED) is 0.754. The zero-order chi connectivity index (χ0) is 10.5. The summed E-state index contributed by atoms with van der Waals surface area (Å²) in [5.74, 6) is 0. The van der Waals surface area contributed by atoms with Gasteiger partial charge in [0.1, 0.15) is 6.54 Å². The minimum absolute atomic E-state index is 0.873. The van der Waals surface area contributed by atoms with E-state index in [1.807, 2.05) is 6.26 Å². The number of thioether (sulfide) groups is 1. The van der Waals surface area contributed by atoms with Crippen molar-refractivity contribution in [3.8, 4) is 0 Å². The predicted molar refractivity (Wildman–Crippen MR) is 64.9 cm³/mol. The van der Waals surface area contributed by atoms with Gasteiger partial charge in [0.15, 0.2) is 18.5 Å². The van der Waals surface area contributed by atoms with E-state index in [9.17, 15) is 0 Å². The standard InChI is InChI=1S/C11H15N3S/c1-15-11-12-8-14(9-13-11)7-10-5-3-2-4-6-10/h2-6H,7-9H2,1H3,(H,12,13)/p+1. The van der Waals surface area contributed by atoms with Crippen molar-refractivity contribution >= 4 is 16.9 Å². The molecule has 0 bridgehead atoms. The molecule has 1 unspecified atom stereocenters. The lowest BCUT2D eigenvalue weighted by Crippen LogP contribution is -3.13. The van der Waals surface area contributed by atoms with Crippen molar-refractivity contribution in [2.75, 3.05) is 19.6 Å². The van der Waals surface area contributed by atoms with Crippen molar-refractivity contribution in [2.24, 2.45) is 4.99 Å². The third kappa shape index (κ3) is 2.97. The van der Waals surface area contributed by atoms with Crippen LogP contribution in [0.1, 0.15) is 5.56 Å². The third-order valence-corrected chi connectivity index (χ3v) is 3.09. The second kappa shape index (κ2) is 5.19. The summed E-state index contributed by atoms with van der Waals surface area (Å²) >= 11 is 1.68. The highest BCUT2D eigenvalue weighted by Crippen LogP contribution is 1.97. The fraction of sp³-hybridized carbons (Fsp3) is 0.364. The van der Waals surface area contributed by atoms with Crippen molar-refractivity contribution in [2.45, 2.75) is 6.54 Å². The molecule has 0 saturated heterocycles. The molecule has 0 fully saturated rings. The number of quaternary nitrogens is 1. The number of hydrogen-bond acceptors (Lipinski definition) is 3. The number of aliphatic imine (C=N–C) groups is 1. The van der Waals surface area contributed by atoms with Gasteiger partial charge in [-0.05, 0) is 6.26 Å². The summed E-state index contributed by atoms with van der Waals surface area (Å²) in [5.41, 5.74) is 1.37. The molecule has 0 amide bonds. The molecule has 1 aliphatic rings. The molecule has 0 aromatic heterocycles. The number of nitrogens with one attached hydrogen (secondary N) is 2. The van der Waals surface area contributed by atoms with E-state index in [-0.39, 0.29) is 0 Å². The number of hydrogen-bond donors (Lipinski definition) is 2. The Hall–Kier alpha value is -1.00. The number of rotatable bonds is 2. The van der Waals surface area contributed by atoms with Gasteiger partial charge in [0.2, 0.25) is 0 Å². The molecular weight excluding hydrogens is 206 g/mol. The van der Waals surface area contributed by atoms with Crippen LogP contribution in [0.4, 0.5) is 0 Å². The van der Waals surface area contributed by atoms with Crippen LogP contribution in [0, 0.1) is 0 Å². The van der Waals surface area contributed by atoms with Crippen LogP contribution in [-0.4, -0.2) is 24.8 Å². The van der Waals surface area contributed by atoms with Gasteiger partial charge in [-0.15, -0.1) is 0 Å². The molecule has 2 rings (SSSR count). The second-order valence-electron chi connectivity index (χ2n) is 3.59. The topological polar surface area (TPSA) is 28.8 Å². The summed E-state index contributed by atoms with van der Waals surface area (Å²) in [6.45, 7) is 2.88. The first-order valence-corrected chi connectivity index (χ1v) is 6.31. The first-order chi connectivity index (χ1) is 7.38. The van der Waals surface area contributed by atoms with Crippen LogP contribution in [0.5, 0.6) is 0 Å². The zero-order valence-electron chi connectivity index (χ0n) is 8.86. The van der Waals surface area contributed by atoms with Gasteiger partial charge in [-0.2, -0.15) is 0 Å². The number of amidine groups is 1. The average molecular weight is 222 g/mol. The maximum Gasteiger partial charge on any atom is 0.175 e. The fourth-order valence-corrected chi connectivity index (χ4v) is 2.05. The molecule has 0 spiro atoms. The number of nitrogens with zero attached hydrogens (tertiary/aromatic N) is 1. The Bertz CT molecular complexity index is 337. The molecule has 0 radical (unpaired) electrons. The summed E-state index contributed by atoms with van der Waals surface area (Å²) in [6, 6.07) is 10.6. The van der Waals surface area contributed by atoms with E-state index in [2.05, 4.69) is 40.6 Å². The lowest BCUT2D eigenvalue weighted by Gasteiger charge is -2.23. The van der Waals surface area contributed by atoms with Crippen LogP contribution >= 0.6 is 11.8 Å². The minimum atomic E-state index is 0.873. The summed E-state index contributed by atoms with van der Waals surface area (Å²) in [4.78, 5) is 5.91. The van der Waals surface area contributed by atoms with E-state index in [1.165, 1.54) is 10.5 Å². The number of benzene rings is 1. The van der Waals surface area contributed by atoms with Gasteiger partial charge in [0.05, 0.1) is 0 Å². The van der Waals surface area contributed by atoms with E-state index in [0.29, 0.717) is 0 Å². The van der Waals surface area contributed by atoms with Crippen LogP contribution in [0.15, 0.2) is 35.3 Å². The monoisotopic (exact) mass is 222 g/mol. The van der Waals surface area contributed by atoms with Crippen molar-refractivity contribution in [3.05, 3.63) is 35.9 Å². The van der Waals surface area contributed by atoms with Gasteiger partial charge in [-0.3, -0.25) is 4.90 Å². The molecular formula is C11H16N3S+. The molecule has 0 aliphatic carbocycles. The highest BCUT2D eigenvalue weighted by molar-refractivity contribution is 8.13. The normalized spacial score (nSPS) is 20.6. The molecule has 3 nitrogen and oxygen atoms in total. The molecule has 0 saturated carbocycles. The van der Waals surface area contributed by atoms with Crippen molar-refractivity contribution < 1.29 is 4.90 Å². The van der Waals surface area contributed by atoms with Gasteiger partial charge in [0, 0.05) is 5.56 Å². The Morgan fingerprint density at radius 1 is 1.40 bits per heavy atom. The van der Waals surface area contributed by atoms with E-state index in [0.717, 1.165) is 25.0 Å². The molecule has 2 N–H and O–H groups in total. The Morgan fingerprint density at radius 2 is 2.20 bits per heavy atom. The molecule has 1 heterocycles. The molecule has 1 aromatic rings. The minimum Gasteiger partial charge on any atom is -0.318 e. The maximum absolute atomic E-state index is 4.46. The Kier molecular flexibility index (Phi) is 3.64. The first-order valence-electron chi connectivity index (χ1n) is 5.08. The molecule has 4 heteroatoms. The van der Waals surface area contributed by atoms with Crippen LogP contribution in [0.2, 0.25) is 0 Å². The first kappa shape index (κ1) is 10.5. The largest absolute Gasteiger partial charge is 0.318 e. The Morgan fingerprint density at radius 3 is 2.80 bits per heavy atom. The second-order valence-corrected chi connectivity index (χ2v) is 4.39. The van der Waals surface area contributed by atoms with Gasteiger partial charge in [-0.1, -0.05) is 42.1 Å². The van der Waals surface area contributed by atoms with Crippen LogP contribution in [0.25, 0.3) is 0 Å². The maximum atomic E-state index is 4.46. The summed E-state index contributed by atoms with van der Waals surface area (Å²) in [5, 5.41) is 4.38. The Labute approximate surface area is 94.6 Å². The SMILES string of the molecule is CSC1=NC[NH+](Cc2ccccc2)CN1. The van der Waals surface area contributed by atoms with Gasteiger partial charge in [-0.25, -0.2) is 4.99 Å².